The summed E-state index contributed by atoms with van der Waals surface area (Å²) in [6.45, 7) is 2.69. The Labute approximate surface area is 109 Å². The van der Waals surface area contributed by atoms with Gasteiger partial charge in [-0.1, -0.05) is 6.07 Å². The molecule has 0 spiro atoms. The summed E-state index contributed by atoms with van der Waals surface area (Å²) >= 11 is 1.65. The second-order valence-corrected chi connectivity index (χ2v) is 4.75. The van der Waals surface area contributed by atoms with E-state index in [1.807, 2.05) is 6.92 Å². The highest BCUT2D eigenvalue weighted by Crippen LogP contribution is 2.24. The highest BCUT2D eigenvalue weighted by molar-refractivity contribution is 7.08. The van der Waals surface area contributed by atoms with Crippen molar-refractivity contribution >= 4 is 28.7 Å². The topological polar surface area (TPSA) is 75.3 Å². The van der Waals surface area contributed by atoms with E-state index in [9.17, 15) is 4.79 Å². The van der Waals surface area contributed by atoms with Gasteiger partial charge in [0.1, 0.15) is 0 Å². The molecule has 0 aliphatic heterocycles. The lowest BCUT2D eigenvalue weighted by Gasteiger charge is -2.11. The van der Waals surface area contributed by atoms with Crippen molar-refractivity contribution in [2.24, 2.45) is 0 Å². The molecule has 0 radical (unpaired) electrons. The largest absolute Gasteiger partial charge is 0.478 e. The zero-order chi connectivity index (χ0) is 13.1. The fourth-order valence-corrected chi connectivity index (χ4v) is 2.52. The highest BCUT2D eigenvalue weighted by Gasteiger charge is 2.10. The van der Waals surface area contributed by atoms with Gasteiger partial charge in [0, 0.05) is 6.54 Å². The fourth-order valence-electron chi connectivity index (χ4n) is 1.66. The predicted octanol–water partition coefficient (Wildman–Crippen LogP) is 2.95. The van der Waals surface area contributed by atoms with Crippen LogP contribution in [0.1, 0.15) is 21.5 Å². The zero-order valence-corrected chi connectivity index (χ0v) is 10.8. The third-order valence-corrected chi connectivity index (χ3v) is 3.68. The van der Waals surface area contributed by atoms with Crippen LogP contribution in [0.15, 0.2) is 29.0 Å². The van der Waals surface area contributed by atoms with E-state index in [1.165, 1.54) is 17.2 Å². The molecular formula is C13H14N2O2S. The third kappa shape index (κ3) is 2.46. The van der Waals surface area contributed by atoms with Crippen LogP contribution in [0.4, 0.5) is 11.4 Å². The predicted molar refractivity (Wildman–Crippen MR) is 74.2 cm³/mol. The molecule has 2 rings (SSSR count). The van der Waals surface area contributed by atoms with Gasteiger partial charge in [-0.15, -0.1) is 0 Å². The normalized spacial score (nSPS) is 10.3. The van der Waals surface area contributed by atoms with Gasteiger partial charge < -0.3 is 16.2 Å². The van der Waals surface area contributed by atoms with Crippen molar-refractivity contribution in [1.82, 2.24) is 0 Å². The van der Waals surface area contributed by atoms with Gasteiger partial charge in [-0.2, -0.15) is 11.3 Å². The number of nitrogen functional groups attached to an aromatic ring is 1. The average molecular weight is 262 g/mol. The number of rotatable bonds is 4. The molecule has 0 amide bonds. The van der Waals surface area contributed by atoms with E-state index < -0.39 is 5.97 Å². The monoisotopic (exact) mass is 262 g/mol. The molecule has 0 atom stereocenters. The maximum absolute atomic E-state index is 11.0. The van der Waals surface area contributed by atoms with Crippen LogP contribution in [-0.4, -0.2) is 11.1 Å². The summed E-state index contributed by atoms with van der Waals surface area (Å²) in [5.41, 5.74) is 9.29. The van der Waals surface area contributed by atoms with E-state index in [-0.39, 0.29) is 11.3 Å². The zero-order valence-electron chi connectivity index (χ0n) is 9.93. The summed E-state index contributed by atoms with van der Waals surface area (Å²) in [7, 11) is 0. The van der Waals surface area contributed by atoms with Crippen molar-refractivity contribution in [2.45, 2.75) is 13.5 Å². The number of carbonyl (C=O) groups is 1. The van der Waals surface area contributed by atoms with E-state index in [0.29, 0.717) is 12.2 Å². The SMILES string of the molecule is Cc1cscc1CNc1cccc(C(=O)O)c1N. The van der Waals surface area contributed by atoms with Crippen LogP contribution in [0.3, 0.4) is 0 Å². The van der Waals surface area contributed by atoms with Crippen molar-refractivity contribution in [3.05, 3.63) is 45.6 Å². The van der Waals surface area contributed by atoms with Gasteiger partial charge in [-0.05, 0) is 40.9 Å². The molecular weight excluding hydrogens is 248 g/mol. The smallest absolute Gasteiger partial charge is 0.337 e. The maximum atomic E-state index is 11.0. The van der Waals surface area contributed by atoms with E-state index in [0.717, 1.165) is 0 Å². The number of nitrogens with one attached hydrogen (secondary N) is 1. The number of anilines is 2. The molecule has 5 heteroatoms. The highest BCUT2D eigenvalue weighted by atomic mass is 32.1. The summed E-state index contributed by atoms with van der Waals surface area (Å²) < 4.78 is 0. The number of aryl methyl sites for hydroxylation is 1. The van der Waals surface area contributed by atoms with E-state index in [2.05, 4.69) is 16.1 Å². The Balaban J connectivity index is 2.17. The molecule has 0 bridgehead atoms. The lowest BCUT2D eigenvalue weighted by atomic mass is 10.1. The van der Waals surface area contributed by atoms with Crippen molar-refractivity contribution in [3.8, 4) is 0 Å². The Morgan fingerprint density at radius 1 is 1.44 bits per heavy atom. The fraction of sp³-hybridized carbons (Fsp3) is 0.154. The van der Waals surface area contributed by atoms with Gasteiger partial charge in [-0.3, -0.25) is 0 Å². The first-order valence-corrected chi connectivity index (χ1v) is 6.41. The first kappa shape index (κ1) is 12.4. The van der Waals surface area contributed by atoms with E-state index in [4.69, 9.17) is 10.8 Å². The summed E-state index contributed by atoms with van der Waals surface area (Å²) in [6.07, 6.45) is 0. The van der Waals surface area contributed by atoms with Crippen LogP contribution < -0.4 is 11.1 Å². The Kier molecular flexibility index (Phi) is 3.53. The van der Waals surface area contributed by atoms with Crippen LogP contribution in [0.5, 0.6) is 0 Å². The first-order valence-electron chi connectivity index (χ1n) is 5.47. The minimum atomic E-state index is -1.01. The number of carboxylic acid groups (broad SMARTS) is 1. The Hall–Kier alpha value is -2.01. The van der Waals surface area contributed by atoms with Gasteiger partial charge in [-0.25, -0.2) is 4.79 Å². The van der Waals surface area contributed by atoms with Gasteiger partial charge in [0.25, 0.3) is 0 Å². The van der Waals surface area contributed by atoms with E-state index in [1.54, 1.807) is 23.5 Å². The van der Waals surface area contributed by atoms with Crippen molar-refractivity contribution in [1.29, 1.82) is 0 Å². The molecule has 0 fully saturated rings. The van der Waals surface area contributed by atoms with Gasteiger partial charge in [0.2, 0.25) is 0 Å². The lowest BCUT2D eigenvalue weighted by Crippen LogP contribution is -2.07. The molecule has 4 N–H and O–H groups in total. The maximum Gasteiger partial charge on any atom is 0.337 e. The quantitative estimate of drug-likeness (QED) is 0.740. The van der Waals surface area contributed by atoms with Crippen molar-refractivity contribution in [3.63, 3.8) is 0 Å². The molecule has 1 aromatic heterocycles. The van der Waals surface area contributed by atoms with Crippen LogP contribution in [0, 0.1) is 6.92 Å². The molecule has 0 aliphatic carbocycles. The number of thiophene rings is 1. The number of para-hydroxylation sites is 1. The minimum absolute atomic E-state index is 0.127. The molecule has 2 aromatic rings. The van der Waals surface area contributed by atoms with Crippen molar-refractivity contribution in [2.75, 3.05) is 11.1 Å². The third-order valence-electron chi connectivity index (χ3n) is 2.77. The van der Waals surface area contributed by atoms with Crippen LogP contribution in [-0.2, 0) is 6.54 Å². The lowest BCUT2D eigenvalue weighted by molar-refractivity contribution is 0.0698. The summed E-state index contributed by atoms with van der Waals surface area (Å²) in [6, 6.07) is 4.96. The van der Waals surface area contributed by atoms with Crippen molar-refractivity contribution < 1.29 is 9.90 Å². The number of hydrogen-bond donors (Lipinski definition) is 3. The van der Waals surface area contributed by atoms with Crippen LogP contribution >= 0.6 is 11.3 Å². The Bertz CT molecular complexity index is 578. The molecule has 4 nitrogen and oxygen atoms in total. The molecule has 0 saturated carbocycles. The number of nitrogens with two attached hydrogens (primary N) is 1. The standard InChI is InChI=1S/C13H14N2O2S/c1-8-6-18-7-9(8)5-15-11-4-2-3-10(12(11)14)13(16)17/h2-4,6-7,15H,5,14H2,1H3,(H,16,17). The van der Waals surface area contributed by atoms with E-state index >= 15 is 0 Å². The molecule has 0 aliphatic rings. The molecule has 1 heterocycles. The Morgan fingerprint density at radius 3 is 2.83 bits per heavy atom. The number of aromatic carboxylic acids is 1. The molecule has 0 saturated heterocycles. The van der Waals surface area contributed by atoms with Gasteiger partial charge >= 0.3 is 5.97 Å². The number of hydrogen-bond acceptors (Lipinski definition) is 4. The molecule has 94 valence electrons. The molecule has 0 unspecified atom stereocenters. The van der Waals surface area contributed by atoms with Gasteiger partial charge in [0.05, 0.1) is 16.9 Å². The average Bonchev–Trinajstić information content (AvgIpc) is 2.73. The summed E-state index contributed by atoms with van der Waals surface area (Å²) in [5.74, 6) is -1.01. The van der Waals surface area contributed by atoms with Crippen LogP contribution in [0.25, 0.3) is 0 Å². The summed E-state index contributed by atoms with van der Waals surface area (Å²) in [4.78, 5) is 11.0. The molecule has 18 heavy (non-hydrogen) atoms. The summed E-state index contributed by atoms with van der Waals surface area (Å²) in [5, 5.41) is 16.3. The number of benzene rings is 1. The molecule has 1 aromatic carbocycles. The van der Waals surface area contributed by atoms with Gasteiger partial charge in [0.15, 0.2) is 0 Å². The first-order chi connectivity index (χ1) is 8.59. The second kappa shape index (κ2) is 5.10. The minimum Gasteiger partial charge on any atom is -0.478 e. The Morgan fingerprint density at radius 2 is 2.22 bits per heavy atom. The number of carboxylic acids is 1. The second-order valence-electron chi connectivity index (χ2n) is 4.01. The van der Waals surface area contributed by atoms with Crippen LogP contribution in [0.2, 0.25) is 0 Å².